The number of nitrogens with one attached hydrogen (secondary N) is 1. The van der Waals surface area contributed by atoms with Gasteiger partial charge in [0.15, 0.2) is 5.82 Å². The predicted molar refractivity (Wildman–Crippen MR) is 159 cm³/mol. The number of para-hydroxylation sites is 1. The zero-order valence-corrected chi connectivity index (χ0v) is 23.8. The molecule has 0 radical (unpaired) electrons. The molecule has 206 valence electrons. The van der Waals surface area contributed by atoms with E-state index in [1.165, 1.54) is 11.1 Å². The molecule has 0 saturated heterocycles. The van der Waals surface area contributed by atoms with Crippen molar-refractivity contribution in [2.24, 2.45) is 0 Å². The molecule has 3 aromatic heterocycles. The summed E-state index contributed by atoms with van der Waals surface area (Å²) in [5, 5.41) is 14.3. The molecule has 0 amide bonds. The highest BCUT2D eigenvalue weighted by Gasteiger charge is 2.19. The predicted octanol–water partition coefficient (Wildman–Crippen LogP) is 6.35. The van der Waals surface area contributed by atoms with E-state index in [9.17, 15) is 4.79 Å². The third kappa shape index (κ3) is 5.52. The van der Waals surface area contributed by atoms with Crippen molar-refractivity contribution in [3.8, 4) is 28.2 Å². The van der Waals surface area contributed by atoms with Crippen molar-refractivity contribution in [2.45, 2.75) is 72.3 Å². The summed E-state index contributed by atoms with van der Waals surface area (Å²) in [6, 6.07) is 16.8. The summed E-state index contributed by atoms with van der Waals surface area (Å²) >= 11 is 0. The molecule has 1 N–H and O–H groups in total. The Kier molecular flexibility index (Phi) is 8.34. The Morgan fingerprint density at radius 3 is 2.48 bits per heavy atom. The lowest BCUT2D eigenvalue weighted by Gasteiger charge is -2.17. The molecule has 3 heterocycles. The number of nitrogens with zero attached hydrogens (tertiary/aromatic N) is 6. The lowest BCUT2D eigenvalue weighted by atomic mass is 9.95. The lowest BCUT2D eigenvalue weighted by molar-refractivity contribution is 0.672. The minimum atomic E-state index is 0.0230. The van der Waals surface area contributed by atoms with E-state index in [4.69, 9.17) is 0 Å². The maximum atomic E-state index is 14.1. The Bertz CT molecular complexity index is 1610. The Morgan fingerprint density at radius 2 is 1.77 bits per heavy atom. The summed E-state index contributed by atoms with van der Waals surface area (Å²) in [5.74, 6) is 0.893. The molecule has 2 aromatic carbocycles. The number of unbranched alkanes of at least 4 members (excludes halogenated alkanes) is 1. The molecule has 0 atom stereocenters. The SMILES string of the molecule is CCCCc1cn(-c2c(CCC)cccc2C(C)C)c(=O)n1Cc1ccc(-c2ccncc2-c2nnn[nH]2)cc1. The zero-order chi connectivity index (χ0) is 28.1. The maximum absolute atomic E-state index is 14.1. The molecule has 0 aliphatic heterocycles. The first-order valence-corrected chi connectivity index (χ1v) is 14.2. The second kappa shape index (κ2) is 12.2. The molecule has 0 aliphatic carbocycles. The van der Waals surface area contributed by atoms with Crippen LogP contribution < -0.4 is 5.69 Å². The first-order valence-electron chi connectivity index (χ1n) is 14.2. The fraction of sp³-hybridized carbons (Fsp3) is 0.344. The molecule has 40 heavy (non-hydrogen) atoms. The number of benzene rings is 2. The van der Waals surface area contributed by atoms with Crippen LogP contribution in [-0.2, 0) is 19.4 Å². The molecular formula is C32H37N7O. The normalized spacial score (nSPS) is 11.4. The minimum Gasteiger partial charge on any atom is -0.292 e. The number of tetrazole rings is 1. The van der Waals surface area contributed by atoms with Crippen LogP contribution in [0.25, 0.3) is 28.2 Å². The Balaban J connectivity index is 1.52. The van der Waals surface area contributed by atoms with Gasteiger partial charge < -0.3 is 0 Å². The van der Waals surface area contributed by atoms with Crippen LogP contribution in [0.2, 0.25) is 0 Å². The molecule has 8 nitrogen and oxygen atoms in total. The van der Waals surface area contributed by atoms with E-state index in [1.807, 2.05) is 15.2 Å². The van der Waals surface area contributed by atoms with Crippen molar-refractivity contribution in [1.29, 1.82) is 0 Å². The molecule has 0 bridgehead atoms. The van der Waals surface area contributed by atoms with Gasteiger partial charge >= 0.3 is 5.69 Å². The minimum absolute atomic E-state index is 0.0230. The van der Waals surface area contributed by atoms with Crippen LogP contribution in [0.5, 0.6) is 0 Å². The summed E-state index contributed by atoms with van der Waals surface area (Å²) in [6.07, 6.45) is 10.6. The van der Waals surface area contributed by atoms with E-state index < -0.39 is 0 Å². The van der Waals surface area contributed by atoms with Crippen molar-refractivity contribution < 1.29 is 0 Å². The standard InChI is InChI=1S/C32H37N7O/c1-5-7-11-26-21-39(30-25(9-6-2)10-8-12-27(30)22(3)4)32(40)38(26)20-23-13-15-24(16-14-23)28-17-18-33-19-29(28)31-34-36-37-35-31/h8,10,12-19,21-22H,5-7,9,11,20H2,1-4H3,(H,34,35,36,37). The van der Waals surface area contributed by atoms with Gasteiger partial charge in [0.25, 0.3) is 0 Å². The van der Waals surface area contributed by atoms with Gasteiger partial charge in [-0.15, -0.1) is 5.10 Å². The second-order valence-corrected chi connectivity index (χ2v) is 10.6. The molecule has 0 aliphatic rings. The number of aromatic nitrogens is 7. The van der Waals surface area contributed by atoms with E-state index in [0.29, 0.717) is 18.3 Å². The first kappa shape index (κ1) is 27.2. The van der Waals surface area contributed by atoms with Crippen LogP contribution in [0.15, 0.2) is 71.9 Å². The summed E-state index contributed by atoms with van der Waals surface area (Å²) in [6.45, 7) is 9.29. The first-order chi connectivity index (χ1) is 19.5. The summed E-state index contributed by atoms with van der Waals surface area (Å²) < 4.78 is 3.86. The fourth-order valence-electron chi connectivity index (χ4n) is 5.34. The zero-order valence-electron chi connectivity index (χ0n) is 23.8. The van der Waals surface area contributed by atoms with E-state index in [0.717, 1.165) is 65.7 Å². The van der Waals surface area contributed by atoms with Crippen LogP contribution in [-0.4, -0.2) is 34.7 Å². The number of hydrogen-bond donors (Lipinski definition) is 1. The molecule has 5 rings (SSSR count). The number of rotatable bonds is 11. The van der Waals surface area contributed by atoms with E-state index in [1.54, 1.807) is 12.4 Å². The Hall–Kier alpha value is -4.33. The number of H-pyrrole nitrogens is 1. The summed E-state index contributed by atoms with van der Waals surface area (Å²) in [7, 11) is 0. The summed E-state index contributed by atoms with van der Waals surface area (Å²) in [4.78, 5) is 18.3. The van der Waals surface area contributed by atoms with Crippen molar-refractivity contribution in [3.63, 3.8) is 0 Å². The van der Waals surface area contributed by atoms with Crippen molar-refractivity contribution in [1.82, 2.24) is 34.7 Å². The maximum Gasteiger partial charge on any atom is 0.333 e. The van der Waals surface area contributed by atoms with Gasteiger partial charge in [0.05, 0.1) is 12.2 Å². The molecule has 5 aromatic rings. The van der Waals surface area contributed by atoms with Crippen LogP contribution in [0, 0.1) is 0 Å². The highest BCUT2D eigenvalue weighted by Crippen LogP contribution is 2.30. The van der Waals surface area contributed by atoms with Crippen molar-refractivity contribution in [2.75, 3.05) is 0 Å². The third-order valence-electron chi connectivity index (χ3n) is 7.41. The van der Waals surface area contributed by atoms with Crippen molar-refractivity contribution >= 4 is 0 Å². The number of pyridine rings is 1. The van der Waals surface area contributed by atoms with Crippen molar-refractivity contribution in [3.05, 3.63) is 100.0 Å². The molecule has 0 saturated carbocycles. The average molecular weight is 536 g/mol. The number of aryl methyl sites for hydroxylation is 2. The number of hydrogen-bond acceptors (Lipinski definition) is 5. The average Bonchev–Trinajstić information content (AvgIpc) is 3.61. The van der Waals surface area contributed by atoms with E-state index in [-0.39, 0.29) is 5.69 Å². The highest BCUT2D eigenvalue weighted by molar-refractivity contribution is 5.79. The fourth-order valence-corrected chi connectivity index (χ4v) is 5.34. The third-order valence-corrected chi connectivity index (χ3v) is 7.41. The van der Waals surface area contributed by atoms with Gasteiger partial charge in [0.2, 0.25) is 0 Å². The van der Waals surface area contributed by atoms with Crippen LogP contribution >= 0.6 is 0 Å². The van der Waals surface area contributed by atoms with Crippen LogP contribution in [0.4, 0.5) is 0 Å². The van der Waals surface area contributed by atoms with Gasteiger partial charge in [-0.25, -0.2) is 9.89 Å². The van der Waals surface area contributed by atoms with Gasteiger partial charge in [-0.05, 0) is 69.5 Å². The smallest absolute Gasteiger partial charge is 0.292 e. The Labute approximate surface area is 235 Å². The van der Waals surface area contributed by atoms with E-state index >= 15 is 0 Å². The molecule has 0 fully saturated rings. The van der Waals surface area contributed by atoms with Gasteiger partial charge in [-0.1, -0.05) is 83.0 Å². The van der Waals surface area contributed by atoms with E-state index in [2.05, 4.69) is 102 Å². The number of aromatic amines is 1. The second-order valence-electron chi connectivity index (χ2n) is 10.6. The Morgan fingerprint density at radius 1 is 0.950 bits per heavy atom. The number of imidazole rings is 1. The van der Waals surface area contributed by atoms with Gasteiger partial charge in [0.1, 0.15) is 0 Å². The van der Waals surface area contributed by atoms with Crippen LogP contribution in [0.1, 0.15) is 75.3 Å². The lowest BCUT2D eigenvalue weighted by Crippen LogP contribution is -2.26. The largest absolute Gasteiger partial charge is 0.333 e. The molecule has 8 heteroatoms. The quantitative estimate of drug-likeness (QED) is 0.213. The highest BCUT2D eigenvalue weighted by atomic mass is 16.1. The van der Waals surface area contributed by atoms with Gasteiger partial charge in [-0.2, -0.15) is 0 Å². The molecular weight excluding hydrogens is 498 g/mol. The molecule has 0 unspecified atom stereocenters. The molecule has 0 spiro atoms. The van der Waals surface area contributed by atoms with Gasteiger partial charge in [-0.3, -0.25) is 14.1 Å². The van der Waals surface area contributed by atoms with Crippen LogP contribution in [0.3, 0.4) is 0 Å². The summed E-state index contributed by atoms with van der Waals surface area (Å²) in [5.41, 5.74) is 8.53. The van der Waals surface area contributed by atoms with Gasteiger partial charge in [0, 0.05) is 29.8 Å². The monoisotopic (exact) mass is 535 g/mol. The topological polar surface area (TPSA) is 94.3 Å².